The van der Waals surface area contributed by atoms with Gasteiger partial charge < -0.3 is 4.74 Å². The number of hydrogen-bond acceptors (Lipinski definition) is 5. The van der Waals surface area contributed by atoms with Gasteiger partial charge in [0.25, 0.3) is 11.2 Å². The van der Waals surface area contributed by atoms with Crippen molar-refractivity contribution in [1.29, 1.82) is 21.0 Å². The van der Waals surface area contributed by atoms with Crippen LogP contribution < -0.4 is 0 Å². The van der Waals surface area contributed by atoms with Crippen LogP contribution in [0.25, 0.3) is 0 Å². The van der Waals surface area contributed by atoms with Crippen LogP contribution in [0.5, 0.6) is 0 Å². The van der Waals surface area contributed by atoms with Crippen LogP contribution in [0.4, 0.5) is 0 Å². The molecule has 0 saturated carbocycles. The van der Waals surface area contributed by atoms with Crippen LogP contribution in [0.2, 0.25) is 0 Å². The summed E-state index contributed by atoms with van der Waals surface area (Å²) in [7, 11) is 0. The van der Waals surface area contributed by atoms with Crippen LogP contribution in [0.3, 0.4) is 0 Å². The molecule has 0 unspecified atom stereocenters. The molecule has 5 nitrogen and oxygen atoms in total. The lowest BCUT2D eigenvalue weighted by Gasteiger charge is -2.22. The number of nitrogens with zero attached hydrogens (tertiary/aromatic N) is 4. The predicted molar refractivity (Wildman–Crippen MR) is 49.4 cm³/mol. The highest BCUT2D eigenvalue weighted by molar-refractivity contribution is 5.34. The van der Waals surface area contributed by atoms with Crippen LogP contribution in [0, 0.1) is 45.3 Å². The summed E-state index contributed by atoms with van der Waals surface area (Å²) >= 11 is 0. The van der Waals surface area contributed by atoms with E-state index in [1.54, 1.807) is 0 Å². The van der Waals surface area contributed by atoms with Crippen molar-refractivity contribution in [3.8, 4) is 24.3 Å². The fourth-order valence-corrected chi connectivity index (χ4v) is 0.661. The SMILES string of the molecule is C=CC(C#N)(C#N)OC(C#N)(C#N)C=C. The zero-order chi connectivity index (χ0) is 11.9. The van der Waals surface area contributed by atoms with Crippen molar-refractivity contribution in [2.45, 2.75) is 11.2 Å². The predicted octanol–water partition coefficient (Wildman–Crippen LogP) is 0.947. The van der Waals surface area contributed by atoms with Gasteiger partial charge in [-0.2, -0.15) is 21.0 Å². The molecule has 0 fully saturated rings. The first-order chi connectivity index (χ1) is 7.07. The maximum absolute atomic E-state index is 8.70. The van der Waals surface area contributed by atoms with E-state index in [1.165, 1.54) is 24.3 Å². The Labute approximate surface area is 87.3 Å². The van der Waals surface area contributed by atoms with E-state index in [0.29, 0.717) is 0 Å². The lowest BCUT2D eigenvalue weighted by atomic mass is 10.0. The summed E-state index contributed by atoms with van der Waals surface area (Å²) in [6, 6.07) is 6.09. The van der Waals surface area contributed by atoms with Crippen LogP contribution in [0.1, 0.15) is 0 Å². The summed E-state index contributed by atoms with van der Waals surface area (Å²) in [5.41, 5.74) is -4.06. The number of nitriles is 4. The highest BCUT2D eigenvalue weighted by Gasteiger charge is 2.40. The molecule has 0 aromatic heterocycles. The normalized spacial score (nSPS) is 9.87. The van der Waals surface area contributed by atoms with E-state index < -0.39 is 11.2 Å². The third-order valence-electron chi connectivity index (χ3n) is 1.56. The second-order valence-corrected chi connectivity index (χ2v) is 2.43. The molecule has 0 spiro atoms. The van der Waals surface area contributed by atoms with E-state index in [1.807, 2.05) is 0 Å². The van der Waals surface area contributed by atoms with E-state index in [0.717, 1.165) is 12.2 Å². The van der Waals surface area contributed by atoms with Gasteiger partial charge in [0.15, 0.2) is 0 Å². The van der Waals surface area contributed by atoms with Crippen LogP contribution in [-0.2, 0) is 4.74 Å². The highest BCUT2D eigenvalue weighted by Crippen LogP contribution is 2.21. The topological polar surface area (TPSA) is 104 Å². The maximum Gasteiger partial charge on any atom is 0.262 e. The Morgan fingerprint density at radius 3 is 1.20 bits per heavy atom. The second kappa shape index (κ2) is 4.58. The molecule has 0 bridgehead atoms. The van der Waals surface area contributed by atoms with E-state index in [2.05, 4.69) is 13.2 Å². The molecule has 0 aromatic carbocycles. The van der Waals surface area contributed by atoms with Gasteiger partial charge in [0.2, 0.25) is 0 Å². The lowest BCUT2D eigenvalue weighted by Crippen LogP contribution is -2.38. The minimum Gasteiger partial charge on any atom is -0.306 e. The molecule has 0 atom stereocenters. The van der Waals surface area contributed by atoms with Gasteiger partial charge in [0.1, 0.15) is 24.3 Å². The third-order valence-corrected chi connectivity index (χ3v) is 1.56. The number of rotatable bonds is 4. The fraction of sp³-hybridized carbons (Fsp3) is 0.200. The van der Waals surface area contributed by atoms with Gasteiger partial charge in [-0.1, -0.05) is 13.2 Å². The van der Waals surface area contributed by atoms with Gasteiger partial charge in [0.05, 0.1) is 0 Å². The Balaban J connectivity index is 5.38. The standard InChI is InChI=1S/C10H6N4O/c1-3-9(5-11,6-12)15-10(4-2,7-13)8-14/h3-4H,1-2H2. The lowest BCUT2D eigenvalue weighted by molar-refractivity contribution is 0.0177. The van der Waals surface area contributed by atoms with Crippen molar-refractivity contribution < 1.29 is 4.74 Å². The molecule has 0 aliphatic rings. The second-order valence-electron chi connectivity index (χ2n) is 2.43. The van der Waals surface area contributed by atoms with E-state index in [4.69, 9.17) is 25.8 Å². The molecule has 0 amide bonds. The maximum atomic E-state index is 8.70. The molecular formula is C10H6N4O. The Hall–Kier alpha value is -2.60. The molecule has 15 heavy (non-hydrogen) atoms. The Bertz CT molecular complexity index is 368. The first kappa shape index (κ1) is 12.4. The molecule has 0 N–H and O–H groups in total. The third kappa shape index (κ3) is 2.20. The summed E-state index contributed by atoms with van der Waals surface area (Å²) in [4.78, 5) is 0. The van der Waals surface area contributed by atoms with Crippen LogP contribution >= 0.6 is 0 Å². The van der Waals surface area contributed by atoms with Crippen molar-refractivity contribution in [3.63, 3.8) is 0 Å². The number of ether oxygens (including phenoxy) is 1. The monoisotopic (exact) mass is 198 g/mol. The molecular weight excluding hydrogens is 192 g/mol. The smallest absolute Gasteiger partial charge is 0.262 e. The highest BCUT2D eigenvalue weighted by atomic mass is 16.5. The van der Waals surface area contributed by atoms with E-state index in [-0.39, 0.29) is 0 Å². The summed E-state index contributed by atoms with van der Waals surface area (Å²) < 4.78 is 4.84. The van der Waals surface area contributed by atoms with Crippen molar-refractivity contribution >= 4 is 0 Å². The van der Waals surface area contributed by atoms with Crippen molar-refractivity contribution in [2.24, 2.45) is 0 Å². The summed E-state index contributed by atoms with van der Waals surface area (Å²) in [6.45, 7) is 6.48. The fourth-order valence-electron chi connectivity index (χ4n) is 0.661. The van der Waals surface area contributed by atoms with E-state index in [9.17, 15) is 0 Å². The van der Waals surface area contributed by atoms with Crippen LogP contribution in [-0.4, -0.2) is 11.2 Å². The molecule has 0 saturated heterocycles. The largest absolute Gasteiger partial charge is 0.306 e. The molecule has 72 valence electrons. The summed E-state index contributed by atoms with van der Waals surface area (Å²) in [5.74, 6) is 0. The van der Waals surface area contributed by atoms with Gasteiger partial charge in [-0.3, -0.25) is 0 Å². The first-order valence-corrected chi connectivity index (χ1v) is 3.70. The van der Waals surface area contributed by atoms with Crippen molar-refractivity contribution in [2.75, 3.05) is 0 Å². The quantitative estimate of drug-likeness (QED) is 0.625. The zero-order valence-electron chi connectivity index (χ0n) is 7.77. The van der Waals surface area contributed by atoms with Gasteiger partial charge in [-0.05, 0) is 12.2 Å². The molecule has 0 heterocycles. The molecule has 0 rings (SSSR count). The van der Waals surface area contributed by atoms with E-state index >= 15 is 0 Å². The summed E-state index contributed by atoms with van der Waals surface area (Å²) in [6.07, 6.45) is 1.83. The van der Waals surface area contributed by atoms with Crippen LogP contribution in [0.15, 0.2) is 25.3 Å². The Morgan fingerprint density at radius 1 is 0.800 bits per heavy atom. The molecule has 0 aromatic rings. The Kier molecular flexibility index (Phi) is 3.79. The minimum atomic E-state index is -2.03. The van der Waals surface area contributed by atoms with Gasteiger partial charge >= 0.3 is 0 Å². The zero-order valence-corrected chi connectivity index (χ0v) is 7.77. The average Bonchev–Trinajstić information content (AvgIpc) is 2.33. The molecule has 0 aliphatic carbocycles. The molecule has 0 aliphatic heterocycles. The number of hydrogen-bond donors (Lipinski definition) is 0. The van der Waals surface area contributed by atoms with Gasteiger partial charge in [0, 0.05) is 0 Å². The van der Waals surface area contributed by atoms with Gasteiger partial charge in [-0.25, -0.2) is 0 Å². The Morgan fingerprint density at radius 2 is 1.07 bits per heavy atom. The summed E-state index contributed by atoms with van der Waals surface area (Å²) in [5, 5.41) is 34.8. The molecule has 5 heteroatoms. The van der Waals surface area contributed by atoms with Crippen molar-refractivity contribution in [3.05, 3.63) is 25.3 Å². The molecule has 0 radical (unpaired) electrons. The van der Waals surface area contributed by atoms with Crippen molar-refractivity contribution in [1.82, 2.24) is 0 Å². The average molecular weight is 198 g/mol. The minimum absolute atomic E-state index is 0.917. The first-order valence-electron chi connectivity index (χ1n) is 3.70. The van der Waals surface area contributed by atoms with Gasteiger partial charge in [-0.15, -0.1) is 0 Å².